The van der Waals surface area contributed by atoms with Crippen LogP contribution >= 0.6 is 11.6 Å². The van der Waals surface area contributed by atoms with Crippen LogP contribution in [0.4, 0.5) is 4.39 Å². The van der Waals surface area contributed by atoms with Crippen LogP contribution in [0.5, 0.6) is 11.5 Å². The lowest BCUT2D eigenvalue weighted by atomic mass is 10.1. The quantitative estimate of drug-likeness (QED) is 0.282. The first-order valence-electron chi connectivity index (χ1n) is 10.3. The minimum atomic E-state index is -0.928. The Balaban J connectivity index is 1.67. The van der Waals surface area contributed by atoms with Crippen molar-refractivity contribution in [1.82, 2.24) is 10.7 Å². The van der Waals surface area contributed by atoms with Gasteiger partial charge >= 0.3 is 11.8 Å². The van der Waals surface area contributed by atoms with Crippen LogP contribution in [0.3, 0.4) is 0 Å². The summed E-state index contributed by atoms with van der Waals surface area (Å²) in [6.45, 7) is 1.62. The van der Waals surface area contributed by atoms with Crippen molar-refractivity contribution in [3.05, 3.63) is 94.3 Å². The number of para-hydroxylation sites is 1. The molecule has 0 saturated carbocycles. The number of hydrogen-bond donors (Lipinski definition) is 2. The SMILES string of the molecule is COc1cccc(/C=N\NC(=O)C(=O)N[C@H](C)c2ccccc2)c1OCc1c(F)cccc1Cl. The number of benzene rings is 3. The molecule has 2 amide bonds. The smallest absolute Gasteiger partial charge is 0.329 e. The molecule has 0 unspecified atom stereocenters. The molecule has 176 valence electrons. The van der Waals surface area contributed by atoms with Gasteiger partial charge in [-0.05, 0) is 36.8 Å². The van der Waals surface area contributed by atoms with Gasteiger partial charge in [-0.3, -0.25) is 9.59 Å². The number of rotatable bonds is 8. The third kappa shape index (κ3) is 6.32. The van der Waals surface area contributed by atoms with Gasteiger partial charge in [0.05, 0.1) is 24.4 Å². The van der Waals surface area contributed by atoms with Gasteiger partial charge in [-0.2, -0.15) is 5.10 Å². The molecule has 0 saturated heterocycles. The summed E-state index contributed by atoms with van der Waals surface area (Å²) in [6, 6.07) is 18.3. The molecule has 0 heterocycles. The van der Waals surface area contributed by atoms with Crippen molar-refractivity contribution in [3.8, 4) is 11.5 Å². The third-order valence-corrected chi connectivity index (χ3v) is 5.23. The normalized spacial score (nSPS) is 11.6. The van der Waals surface area contributed by atoms with Crippen LogP contribution in [-0.2, 0) is 16.2 Å². The highest BCUT2D eigenvalue weighted by molar-refractivity contribution is 6.35. The van der Waals surface area contributed by atoms with Crippen molar-refractivity contribution in [2.75, 3.05) is 7.11 Å². The number of nitrogens with one attached hydrogen (secondary N) is 2. The number of ether oxygens (including phenoxy) is 2. The predicted molar refractivity (Wildman–Crippen MR) is 127 cm³/mol. The van der Waals surface area contributed by atoms with Crippen LogP contribution < -0.4 is 20.2 Å². The summed E-state index contributed by atoms with van der Waals surface area (Å²) in [6.07, 6.45) is 1.30. The summed E-state index contributed by atoms with van der Waals surface area (Å²) in [5.41, 5.74) is 3.67. The monoisotopic (exact) mass is 483 g/mol. The molecule has 3 aromatic rings. The van der Waals surface area contributed by atoms with Crippen molar-refractivity contribution >= 4 is 29.6 Å². The van der Waals surface area contributed by atoms with E-state index in [4.69, 9.17) is 21.1 Å². The van der Waals surface area contributed by atoms with E-state index in [9.17, 15) is 14.0 Å². The van der Waals surface area contributed by atoms with Crippen LogP contribution in [0, 0.1) is 5.82 Å². The van der Waals surface area contributed by atoms with Gasteiger partial charge in [-0.1, -0.05) is 54.1 Å². The Kier molecular flexibility index (Phi) is 8.59. The van der Waals surface area contributed by atoms with Gasteiger partial charge in [0.25, 0.3) is 0 Å². The van der Waals surface area contributed by atoms with Gasteiger partial charge in [0.2, 0.25) is 0 Å². The Morgan fingerprint density at radius 2 is 1.79 bits per heavy atom. The summed E-state index contributed by atoms with van der Waals surface area (Å²) in [5, 5.41) is 6.68. The van der Waals surface area contributed by atoms with Gasteiger partial charge in [-0.15, -0.1) is 0 Å². The van der Waals surface area contributed by atoms with E-state index in [1.165, 1.54) is 25.5 Å². The minimum absolute atomic E-state index is 0.154. The number of hydrogen-bond acceptors (Lipinski definition) is 5. The van der Waals surface area contributed by atoms with Crippen LogP contribution in [0.25, 0.3) is 0 Å². The highest BCUT2D eigenvalue weighted by atomic mass is 35.5. The van der Waals surface area contributed by atoms with Crippen LogP contribution in [-0.4, -0.2) is 25.1 Å². The summed E-state index contributed by atoms with van der Waals surface area (Å²) in [5.74, 6) is -1.62. The number of methoxy groups -OCH3 is 1. The zero-order valence-corrected chi connectivity index (χ0v) is 19.3. The highest BCUT2D eigenvalue weighted by Crippen LogP contribution is 2.32. The molecule has 0 aliphatic heterocycles. The number of hydrazone groups is 1. The first-order chi connectivity index (χ1) is 16.4. The van der Waals surface area contributed by atoms with Crippen molar-refractivity contribution in [2.24, 2.45) is 5.10 Å². The van der Waals surface area contributed by atoms with E-state index in [0.717, 1.165) is 5.56 Å². The zero-order chi connectivity index (χ0) is 24.5. The number of carbonyl (C=O) groups is 2. The van der Waals surface area contributed by atoms with Gasteiger partial charge in [-0.25, -0.2) is 9.82 Å². The second-order valence-electron chi connectivity index (χ2n) is 7.17. The Hall–Kier alpha value is -3.91. The number of halogens is 2. The van der Waals surface area contributed by atoms with Crippen molar-refractivity contribution in [3.63, 3.8) is 0 Å². The first kappa shape index (κ1) is 24.7. The van der Waals surface area contributed by atoms with Gasteiger partial charge in [0.15, 0.2) is 11.5 Å². The van der Waals surface area contributed by atoms with Crippen molar-refractivity contribution in [1.29, 1.82) is 0 Å². The Morgan fingerprint density at radius 1 is 1.06 bits per heavy atom. The Bertz CT molecular complexity index is 1170. The van der Waals surface area contributed by atoms with Crippen molar-refractivity contribution < 1.29 is 23.5 Å². The number of carbonyl (C=O) groups excluding carboxylic acids is 2. The van der Waals surface area contributed by atoms with E-state index in [0.29, 0.717) is 11.3 Å². The second-order valence-corrected chi connectivity index (χ2v) is 7.58. The van der Waals surface area contributed by atoms with Crippen LogP contribution in [0.15, 0.2) is 71.8 Å². The van der Waals surface area contributed by atoms with Gasteiger partial charge < -0.3 is 14.8 Å². The van der Waals surface area contributed by atoms with Gasteiger partial charge in [0, 0.05) is 11.1 Å². The number of nitrogens with zero attached hydrogens (tertiary/aromatic N) is 1. The van der Waals surface area contributed by atoms with Crippen LogP contribution in [0.2, 0.25) is 5.02 Å². The predicted octanol–water partition coefficient (Wildman–Crippen LogP) is 4.39. The molecular formula is C25H23ClFN3O4. The molecule has 0 spiro atoms. The van der Waals surface area contributed by atoms with E-state index in [2.05, 4.69) is 15.8 Å². The van der Waals surface area contributed by atoms with Crippen LogP contribution in [0.1, 0.15) is 29.7 Å². The van der Waals surface area contributed by atoms with Gasteiger partial charge in [0.1, 0.15) is 12.4 Å². The third-order valence-electron chi connectivity index (χ3n) is 4.87. The molecule has 7 nitrogen and oxygen atoms in total. The molecule has 0 fully saturated rings. The molecule has 0 radical (unpaired) electrons. The molecule has 0 aliphatic rings. The maximum atomic E-state index is 14.1. The van der Waals surface area contributed by atoms with E-state index < -0.39 is 17.6 Å². The standard InChI is InChI=1S/C25H23ClFN3O4/c1-16(17-8-4-3-5-9-17)29-24(31)25(32)30-28-14-18-10-6-13-22(33-2)23(18)34-15-19-20(26)11-7-12-21(19)27/h3-14,16H,15H2,1-2H3,(H,29,31)(H,30,32)/b28-14-/t16-/m1/s1. The summed E-state index contributed by atoms with van der Waals surface area (Å²) in [7, 11) is 1.46. The summed E-state index contributed by atoms with van der Waals surface area (Å²) < 4.78 is 25.2. The molecule has 34 heavy (non-hydrogen) atoms. The van der Waals surface area contributed by atoms with E-state index in [1.807, 2.05) is 30.3 Å². The van der Waals surface area contributed by atoms with E-state index in [1.54, 1.807) is 31.2 Å². The molecule has 9 heteroatoms. The maximum Gasteiger partial charge on any atom is 0.329 e. The molecule has 3 aromatic carbocycles. The zero-order valence-electron chi connectivity index (χ0n) is 18.5. The van der Waals surface area contributed by atoms with Crippen molar-refractivity contribution in [2.45, 2.75) is 19.6 Å². The average molecular weight is 484 g/mol. The fourth-order valence-corrected chi connectivity index (χ4v) is 3.28. The first-order valence-corrected chi connectivity index (χ1v) is 10.7. The highest BCUT2D eigenvalue weighted by Gasteiger charge is 2.17. The Labute approximate surface area is 201 Å². The molecule has 1 atom stereocenters. The average Bonchev–Trinajstić information content (AvgIpc) is 2.84. The molecule has 2 N–H and O–H groups in total. The molecule has 0 aromatic heterocycles. The molecular weight excluding hydrogens is 461 g/mol. The summed E-state index contributed by atoms with van der Waals surface area (Å²) in [4.78, 5) is 24.3. The fourth-order valence-electron chi connectivity index (χ4n) is 3.06. The number of amides is 2. The molecule has 3 rings (SSSR count). The van der Waals surface area contributed by atoms with E-state index >= 15 is 0 Å². The van der Waals surface area contributed by atoms with E-state index in [-0.39, 0.29) is 29.0 Å². The largest absolute Gasteiger partial charge is 0.493 e. The lowest BCUT2D eigenvalue weighted by molar-refractivity contribution is -0.139. The lowest BCUT2D eigenvalue weighted by Gasteiger charge is -2.14. The minimum Gasteiger partial charge on any atom is -0.493 e. The second kappa shape index (κ2) is 11.8. The maximum absolute atomic E-state index is 14.1. The fraction of sp³-hybridized carbons (Fsp3) is 0.160. The lowest BCUT2D eigenvalue weighted by Crippen LogP contribution is -2.39. The topological polar surface area (TPSA) is 89.0 Å². The molecule has 0 bridgehead atoms. The molecule has 0 aliphatic carbocycles. The Morgan fingerprint density at radius 3 is 2.50 bits per heavy atom. The summed E-state index contributed by atoms with van der Waals surface area (Å²) >= 11 is 6.07.